The van der Waals surface area contributed by atoms with Gasteiger partial charge in [-0.05, 0) is 30.8 Å². The summed E-state index contributed by atoms with van der Waals surface area (Å²) in [6, 6.07) is 0. The van der Waals surface area contributed by atoms with E-state index in [0.29, 0.717) is 17.2 Å². The van der Waals surface area contributed by atoms with Crippen LogP contribution in [0.25, 0.3) is 5.57 Å². The minimum Gasteiger partial charge on any atom is -0.363 e. The molecule has 2 rings (SSSR count). The Bertz CT molecular complexity index is 510. The van der Waals surface area contributed by atoms with E-state index in [1.807, 2.05) is 0 Å². The van der Waals surface area contributed by atoms with Crippen molar-refractivity contribution in [1.29, 1.82) is 5.41 Å². The third-order valence-electron chi connectivity index (χ3n) is 3.29. The van der Waals surface area contributed by atoms with E-state index >= 15 is 0 Å². The Kier molecular flexibility index (Phi) is 4.39. The van der Waals surface area contributed by atoms with E-state index in [4.69, 9.17) is 5.41 Å². The van der Waals surface area contributed by atoms with Crippen molar-refractivity contribution in [2.45, 2.75) is 26.2 Å². The van der Waals surface area contributed by atoms with Gasteiger partial charge in [0.05, 0.1) is 12.1 Å². The second-order valence-electron chi connectivity index (χ2n) is 4.80. The van der Waals surface area contributed by atoms with Gasteiger partial charge in [-0.2, -0.15) is 0 Å². The van der Waals surface area contributed by atoms with Crippen LogP contribution in [0, 0.1) is 11.3 Å². The van der Waals surface area contributed by atoms with Gasteiger partial charge in [0.2, 0.25) is 0 Å². The van der Waals surface area contributed by atoms with Crippen LogP contribution < -0.4 is 5.32 Å². The van der Waals surface area contributed by atoms with Gasteiger partial charge < -0.3 is 15.5 Å². The Morgan fingerprint density at radius 2 is 2.42 bits per heavy atom. The lowest BCUT2D eigenvalue weighted by Gasteiger charge is -2.17. The number of allylic oxidation sites excluding steroid dienone is 2. The van der Waals surface area contributed by atoms with Gasteiger partial charge in [-0.25, -0.2) is 9.97 Å². The molecule has 19 heavy (non-hydrogen) atoms. The molecule has 2 N–H and O–H groups in total. The molecule has 0 spiro atoms. The molecule has 100 valence electrons. The van der Waals surface area contributed by atoms with Gasteiger partial charge in [0, 0.05) is 12.4 Å². The molecule has 0 saturated heterocycles. The molecule has 0 radical (unpaired) electrons. The molecule has 0 saturated carbocycles. The molecule has 0 aromatic carbocycles. The minimum atomic E-state index is 0.188. The first-order chi connectivity index (χ1) is 9.24. The lowest BCUT2D eigenvalue weighted by Crippen LogP contribution is -2.10. The fourth-order valence-electron chi connectivity index (χ4n) is 2.10. The zero-order valence-corrected chi connectivity index (χ0v) is 11.0. The zero-order chi connectivity index (χ0) is 13.7. The summed E-state index contributed by atoms with van der Waals surface area (Å²) >= 11 is 0. The van der Waals surface area contributed by atoms with Crippen LogP contribution in [-0.4, -0.2) is 29.0 Å². The highest BCUT2D eigenvalue weighted by atomic mass is 16.1. The van der Waals surface area contributed by atoms with Crippen LogP contribution in [0.2, 0.25) is 0 Å². The molecule has 1 unspecified atom stereocenters. The summed E-state index contributed by atoms with van der Waals surface area (Å²) in [6.45, 7) is 2.43. The predicted octanol–water partition coefficient (Wildman–Crippen LogP) is 2.29. The van der Waals surface area contributed by atoms with Crippen molar-refractivity contribution >= 4 is 23.9 Å². The lowest BCUT2D eigenvalue weighted by atomic mass is 9.91. The van der Waals surface area contributed by atoms with Crippen LogP contribution in [0.15, 0.2) is 12.3 Å². The number of rotatable bonds is 5. The van der Waals surface area contributed by atoms with E-state index in [9.17, 15) is 4.79 Å². The smallest absolute Gasteiger partial charge is 0.157 e. The molecule has 1 atom stereocenters. The van der Waals surface area contributed by atoms with Gasteiger partial charge >= 0.3 is 0 Å². The van der Waals surface area contributed by atoms with Gasteiger partial charge in [-0.3, -0.25) is 0 Å². The highest BCUT2D eigenvalue weighted by Gasteiger charge is 2.14. The van der Waals surface area contributed by atoms with Crippen molar-refractivity contribution in [3.63, 3.8) is 0 Å². The van der Waals surface area contributed by atoms with E-state index in [-0.39, 0.29) is 6.54 Å². The van der Waals surface area contributed by atoms with Crippen molar-refractivity contribution in [2.75, 3.05) is 11.9 Å². The number of aldehydes is 1. The number of carbonyl (C=O) groups is 1. The van der Waals surface area contributed by atoms with Crippen molar-refractivity contribution in [3.8, 4) is 0 Å². The number of aromatic nitrogens is 2. The monoisotopic (exact) mass is 258 g/mol. The van der Waals surface area contributed by atoms with E-state index in [1.54, 1.807) is 6.20 Å². The Labute approximate surface area is 112 Å². The average molecular weight is 258 g/mol. The Morgan fingerprint density at radius 1 is 1.58 bits per heavy atom. The quantitative estimate of drug-likeness (QED) is 0.627. The van der Waals surface area contributed by atoms with E-state index in [1.165, 1.54) is 6.21 Å². The first kappa shape index (κ1) is 13.4. The third-order valence-corrected chi connectivity index (χ3v) is 3.29. The second kappa shape index (κ2) is 6.22. The summed E-state index contributed by atoms with van der Waals surface area (Å²) in [5.74, 6) is 1.97. The van der Waals surface area contributed by atoms with Gasteiger partial charge in [0.25, 0.3) is 0 Å². The third kappa shape index (κ3) is 3.24. The number of nitrogens with zero attached hydrogens (tertiary/aromatic N) is 2. The van der Waals surface area contributed by atoms with Crippen molar-refractivity contribution in [1.82, 2.24) is 9.97 Å². The summed E-state index contributed by atoms with van der Waals surface area (Å²) in [5, 5.41) is 10.2. The summed E-state index contributed by atoms with van der Waals surface area (Å²) in [7, 11) is 0. The summed E-state index contributed by atoms with van der Waals surface area (Å²) in [6.07, 6.45) is 8.97. The van der Waals surface area contributed by atoms with E-state index < -0.39 is 0 Å². The zero-order valence-electron chi connectivity index (χ0n) is 11.0. The second-order valence-corrected chi connectivity index (χ2v) is 4.80. The predicted molar refractivity (Wildman–Crippen MR) is 75.5 cm³/mol. The number of anilines is 1. The fraction of sp³-hybridized carbons (Fsp3) is 0.429. The van der Waals surface area contributed by atoms with Gasteiger partial charge in [-0.1, -0.05) is 13.0 Å². The summed E-state index contributed by atoms with van der Waals surface area (Å²) in [5.41, 5.74) is 1.75. The number of nitrogens with one attached hydrogen (secondary N) is 2. The SMILES string of the molecule is CC1CC=C(c2ncc(C=N)c(NCC=O)n2)CC1. The molecular weight excluding hydrogens is 240 g/mol. The largest absolute Gasteiger partial charge is 0.363 e. The van der Waals surface area contributed by atoms with Crippen LogP contribution in [0.1, 0.15) is 37.6 Å². The Hall–Kier alpha value is -2.04. The first-order valence-electron chi connectivity index (χ1n) is 6.49. The van der Waals surface area contributed by atoms with Crippen LogP contribution >= 0.6 is 0 Å². The standard InChI is InChI=1S/C14H18N4O/c1-10-2-4-11(5-3-10)13-17-9-12(8-15)14(18-13)16-6-7-19/h4,7-10,15H,2-3,5-6H2,1H3,(H,16,17,18). The number of carbonyl (C=O) groups excluding carboxylic acids is 1. The number of hydrogen-bond acceptors (Lipinski definition) is 5. The molecule has 1 aromatic rings. The van der Waals surface area contributed by atoms with Crippen LogP contribution in [0.3, 0.4) is 0 Å². The maximum Gasteiger partial charge on any atom is 0.157 e. The van der Waals surface area contributed by atoms with Crippen LogP contribution in [-0.2, 0) is 4.79 Å². The van der Waals surface area contributed by atoms with Gasteiger partial charge in [-0.15, -0.1) is 0 Å². The minimum absolute atomic E-state index is 0.188. The summed E-state index contributed by atoms with van der Waals surface area (Å²) < 4.78 is 0. The topological polar surface area (TPSA) is 78.7 Å². The Morgan fingerprint density at radius 3 is 3.05 bits per heavy atom. The highest BCUT2D eigenvalue weighted by Crippen LogP contribution is 2.28. The molecule has 5 nitrogen and oxygen atoms in total. The maximum atomic E-state index is 10.4. The fourth-order valence-corrected chi connectivity index (χ4v) is 2.10. The van der Waals surface area contributed by atoms with Crippen LogP contribution in [0.4, 0.5) is 5.82 Å². The van der Waals surface area contributed by atoms with Crippen molar-refractivity contribution in [3.05, 3.63) is 23.7 Å². The van der Waals surface area contributed by atoms with E-state index in [0.717, 1.165) is 37.0 Å². The van der Waals surface area contributed by atoms with Crippen LogP contribution in [0.5, 0.6) is 0 Å². The molecule has 0 aliphatic heterocycles. The normalized spacial score (nSPS) is 18.6. The first-order valence-corrected chi connectivity index (χ1v) is 6.49. The van der Waals surface area contributed by atoms with Crippen molar-refractivity contribution < 1.29 is 4.79 Å². The molecule has 1 heterocycles. The summed E-state index contributed by atoms with van der Waals surface area (Å²) in [4.78, 5) is 19.2. The van der Waals surface area contributed by atoms with Gasteiger partial charge in [0.15, 0.2) is 5.82 Å². The molecule has 0 amide bonds. The maximum absolute atomic E-state index is 10.4. The molecule has 5 heteroatoms. The number of hydrogen-bond donors (Lipinski definition) is 2. The molecule has 1 aromatic heterocycles. The van der Waals surface area contributed by atoms with Gasteiger partial charge in [0.1, 0.15) is 12.1 Å². The Balaban J connectivity index is 2.26. The van der Waals surface area contributed by atoms with E-state index in [2.05, 4.69) is 28.3 Å². The molecule has 1 aliphatic carbocycles. The molecular formula is C14H18N4O. The molecule has 0 bridgehead atoms. The average Bonchev–Trinajstić information content (AvgIpc) is 2.45. The molecule has 1 aliphatic rings. The lowest BCUT2D eigenvalue weighted by molar-refractivity contribution is -0.106. The van der Waals surface area contributed by atoms with Crippen molar-refractivity contribution in [2.24, 2.45) is 5.92 Å². The molecule has 0 fully saturated rings. The highest BCUT2D eigenvalue weighted by molar-refractivity contribution is 5.84.